The molecule has 1 atom stereocenters. The zero-order valence-corrected chi connectivity index (χ0v) is 19.1. The fourth-order valence-corrected chi connectivity index (χ4v) is 4.16. The second-order valence-electron chi connectivity index (χ2n) is 8.40. The minimum Gasteiger partial charge on any atom is -0.394 e. The lowest BCUT2D eigenvalue weighted by molar-refractivity contribution is 0.149. The second-order valence-corrected chi connectivity index (χ2v) is 8.40. The predicted octanol–water partition coefficient (Wildman–Crippen LogP) is 5.04. The molecule has 0 saturated heterocycles. The Bertz CT molecular complexity index is 1430. The Hall–Kier alpha value is -3.72. The number of aliphatic hydroxyl groups excluding tert-OH is 1. The maximum Gasteiger partial charge on any atom is 0.265 e. The van der Waals surface area contributed by atoms with Crippen LogP contribution in [0.15, 0.2) is 66.0 Å². The molecule has 5 nitrogen and oxygen atoms in total. The second kappa shape index (κ2) is 9.87. The van der Waals surface area contributed by atoms with E-state index in [1.807, 2.05) is 36.7 Å². The van der Waals surface area contributed by atoms with Crippen molar-refractivity contribution in [2.24, 2.45) is 0 Å². The monoisotopic (exact) mass is 485 g/mol. The van der Waals surface area contributed by atoms with Crippen LogP contribution in [0.3, 0.4) is 0 Å². The molecule has 0 radical (unpaired) electrons. The van der Waals surface area contributed by atoms with Crippen molar-refractivity contribution >= 4 is 0 Å². The molecule has 0 aliphatic rings. The van der Waals surface area contributed by atoms with Crippen molar-refractivity contribution in [1.29, 1.82) is 0 Å². The van der Waals surface area contributed by atoms with Gasteiger partial charge in [-0.3, -0.25) is 4.79 Å². The van der Waals surface area contributed by atoms with Crippen LogP contribution in [-0.2, 0) is 6.42 Å². The zero-order valence-electron chi connectivity index (χ0n) is 19.1. The summed E-state index contributed by atoms with van der Waals surface area (Å²) in [4.78, 5) is 17.5. The Morgan fingerprint density at radius 1 is 1.03 bits per heavy atom. The number of pyridine rings is 1. The third kappa shape index (κ3) is 5.05. The van der Waals surface area contributed by atoms with Gasteiger partial charge in [-0.15, -0.1) is 0 Å². The molecule has 2 aromatic carbocycles. The van der Waals surface area contributed by atoms with E-state index in [2.05, 4.69) is 4.98 Å². The standard InChI is InChI=1S/C26H23F4N3O2/c1-15-7-17(3-6-23(15)32-11-16(2)31-14-32)8-18-9-19(25(29)30)12-33(26(18)35)24(13-34)21-5-4-20(27)10-22(21)28/h3-7,9-12,14,24-25,34H,8,13H2,1-2H3/t24-/m0/s1. The molecule has 4 aromatic rings. The summed E-state index contributed by atoms with van der Waals surface area (Å²) in [5, 5.41) is 9.92. The Balaban J connectivity index is 1.76. The number of rotatable bonds is 7. The number of nitrogens with zero attached hydrogens (tertiary/aromatic N) is 3. The SMILES string of the molecule is Cc1cn(-c2ccc(Cc3cc(C(F)F)cn([C@@H](CO)c4ccc(F)cc4F)c3=O)cc2C)cn1. The maximum absolute atomic E-state index is 14.4. The predicted molar refractivity (Wildman–Crippen MR) is 123 cm³/mol. The van der Waals surface area contributed by atoms with Gasteiger partial charge in [-0.1, -0.05) is 18.2 Å². The fourth-order valence-electron chi connectivity index (χ4n) is 4.16. The van der Waals surface area contributed by atoms with Gasteiger partial charge < -0.3 is 14.2 Å². The summed E-state index contributed by atoms with van der Waals surface area (Å²) in [6.07, 6.45) is 1.62. The lowest BCUT2D eigenvalue weighted by atomic mass is 10.0. The molecule has 35 heavy (non-hydrogen) atoms. The average Bonchev–Trinajstić information content (AvgIpc) is 3.23. The summed E-state index contributed by atoms with van der Waals surface area (Å²) in [6.45, 7) is 3.02. The van der Waals surface area contributed by atoms with Crippen molar-refractivity contribution < 1.29 is 22.7 Å². The molecular weight excluding hydrogens is 462 g/mol. The summed E-state index contributed by atoms with van der Waals surface area (Å²) < 4.78 is 57.9. The summed E-state index contributed by atoms with van der Waals surface area (Å²) >= 11 is 0. The summed E-state index contributed by atoms with van der Waals surface area (Å²) in [7, 11) is 0. The van der Waals surface area contributed by atoms with Gasteiger partial charge in [0.1, 0.15) is 11.6 Å². The van der Waals surface area contributed by atoms with Gasteiger partial charge in [0, 0.05) is 47.3 Å². The molecule has 182 valence electrons. The average molecular weight is 485 g/mol. The Morgan fingerprint density at radius 2 is 1.80 bits per heavy atom. The van der Waals surface area contributed by atoms with Crippen molar-refractivity contribution in [2.75, 3.05) is 6.61 Å². The number of benzene rings is 2. The molecule has 0 bridgehead atoms. The molecule has 0 amide bonds. The number of aryl methyl sites for hydroxylation is 2. The molecule has 0 spiro atoms. The van der Waals surface area contributed by atoms with E-state index in [4.69, 9.17) is 0 Å². The number of imidazole rings is 1. The van der Waals surface area contributed by atoms with Gasteiger partial charge >= 0.3 is 0 Å². The number of hydrogen-bond acceptors (Lipinski definition) is 3. The minimum atomic E-state index is -2.90. The number of halogens is 4. The van der Waals surface area contributed by atoms with Crippen LogP contribution < -0.4 is 5.56 Å². The third-order valence-corrected chi connectivity index (χ3v) is 5.87. The van der Waals surface area contributed by atoms with Crippen molar-refractivity contribution in [1.82, 2.24) is 14.1 Å². The molecular formula is C26H23F4N3O2. The molecule has 2 heterocycles. The number of aliphatic hydroxyl groups is 1. The Kier molecular flexibility index (Phi) is 6.88. The molecule has 2 aromatic heterocycles. The molecule has 0 aliphatic heterocycles. The zero-order chi connectivity index (χ0) is 25.3. The van der Waals surface area contributed by atoms with Gasteiger partial charge in [-0.2, -0.15) is 0 Å². The minimum absolute atomic E-state index is 0.0491. The first-order valence-corrected chi connectivity index (χ1v) is 10.9. The van der Waals surface area contributed by atoms with Gasteiger partial charge in [0.25, 0.3) is 12.0 Å². The molecule has 0 aliphatic carbocycles. The molecule has 9 heteroatoms. The van der Waals surface area contributed by atoms with Gasteiger partial charge in [-0.25, -0.2) is 22.5 Å². The number of aromatic nitrogens is 3. The van der Waals surface area contributed by atoms with Crippen LogP contribution >= 0.6 is 0 Å². The highest BCUT2D eigenvalue weighted by Gasteiger charge is 2.22. The van der Waals surface area contributed by atoms with Crippen molar-refractivity contribution in [3.05, 3.63) is 117 Å². The van der Waals surface area contributed by atoms with Crippen LogP contribution in [0.5, 0.6) is 0 Å². The molecule has 4 rings (SSSR count). The van der Waals surface area contributed by atoms with Crippen molar-refractivity contribution in [3.63, 3.8) is 0 Å². The van der Waals surface area contributed by atoms with Crippen LogP contribution in [0.4, 0.5) is 17.6 Å². The van der Waals surface area contributed by atoms with E-state index >= 15 is 0 Å². The van der Waals surface area contributed by atoms with E-state index in [0.717, 1.165) is 45.9 Å². The lowest BCUT2D eigenvalue weighted by Crippen LogP contribution is -2.31. The van der Waals surface area contributed by atoms with Crippen molar-refractivity contribution in [3.8, 4) is 5.69 Å². The maximum atomic E-state index is 14.4. The molecule has 0 fully saturated rings. The third-order valence-electron chi connectivity index (χ3n) is 5.87. The van der Waals surface area contributed by atoms with Crippen LogP contribution in [0.1, 0.15) is 46.0 Å². The summed E-state index contributed by atoms with van der Waals surface area (Å²) in [5.41, 5.74) is 2.15. The summed E-state index contributed by atoms with van der Waals surface area (Å²) in [5.74, 6) is -1.82. The Labute approximate surface area is 198 Å². The highest BCUT2D eigenvalue weighted by Crippen LogP contribution is 2.26. The Morgan fingerprint density at radius 3 is 2.40 bits per heavy atom. The van der Waals surface area contributed by atoms with Crippen LogP contribution in [0.2, 0.25) is 0 Å². The van der Waals surface area contributed by atoms with Crippen LogP contribution in [0.25, 0.3) is 5.69 Å². The van der Waals surface area contributed by atoms with Gasteiger partial charge in [0.2, 0.25) is 0 Å². The quantitative estimate of drug-likeness (QED) is 0.373. The number of hydrogen-bond donors (Lipinski definition) is 1. The van der Waals surface area contributed by atoms with Gasteiger partial charge in [-0.05, 0) is 43.2 Å². The van der Waals surface area contributed by atoms with E-state index in [0.29, 0.717) is 11.6 Å². The highest BCUT2D eigenvalue weighted by atomic mass is 19.3. The topological polar surface area (TPSA) is 60.0 Å². The molecule has 0 saturated carbocycles. The van der Waals surface area contributed by atoms with Gasteiger partial charge in [0.05, 0.1) is 24.7 Å². The molecule has 0 unspecified atom stereocenters. The fraction of sp³-hybridized carbons (Fsp3) is 0.231. The largest absolute Gasteiger partial charge is 0.394 e. The smallest absolute Gasteiger partial charge is 0.265 e. The molecule has 1 N–H and O–H groups in total. The first-order chi connectivity index (χ1) is 16.7. The number of alkyl halides is 2. The highest BCUT2D eigenvalue weighted by molar-refractivity contribution is 5.44. The van der Waals surface area contributed by atoms with E-state index in [9.17, 15) is 27.5 Å². The van der Waals surface area contributed by atoms with E-state index < -0.39 is 41.8 Å². The van der Waals surface area contributed by atoms with Crippen LogP contribution in [0, 0.1) is 25.5 Å². The van der Waals surface area contributed by atoms with Crippen LogP contribution in [-0.4, -0.2) is 25.8 Å². The van der Waals surface area contributed by atoms with E-state index in [-0.39, 0.29) is 17.5 Å². The lowest BCUT2D eigenvalue weighted by Gasteiger charge is -2.21. The van der Waals surface area contributed by atoms with Crippen molar-refractivity contribution in [2.45, 2.75) is 32.7 Å². The van der Waals surface area contributed by atoms with E-state index in [1.165, 1.54) is 0 Å². The first-order valence-electron chi connectivity index (χ1n) is 10.9. The normalized spacial score (nSPS) is 12.3. The van der Waals surface area contributed by atoms with Gasteiger partial charge in [0.15, 0.2) is 0 Å². The summed E-state index contributed by atoms with van der Waals surface area (Å²) in [6, 6.07) is 8.02. The van der Waals surface area contributed by atoms with E-state index in [1.54, 1.807) is 12.4 Å². The first kappa shape index (κ1) is 24.4.